The zero-order valence-electron chi connectivity index (χ0n) is 9.56. The van der Waals surface area contributed by atoms with Crippen LogP contribution in [-0.2, 0) is 11.2 Å². The van der Waals surface area contributed by atoms with Crippen LogP contribution in [0.5, 0.6) is 0 Å². The average Bonchev–Trinajstić information content (AvgIpc) is 2.29. The van der Waals surface area contributed by atoms with E-state index >= 15 is 0 Å². The third-order valence-electron chi connectivity index (χ3n) is 3.00. The van der Waals surface area contributed by atoms with Gasteiger partial charge in [-0.3, -0.25) is 4.79 Å². The highest BCUT2D eigenvalue weighted by Crippen LogP contribution is 2.31. The highest BCUT2D eigenvalue weighted by Gasteiger charge is 2.33. The van der Waals surface area contributed by atoms with E-state index in [1.165, 1.54) is 13.0 Å². The van der Waals surface area contributed by atoms with E-state index in [0.29, 0.717) is 6.42 Å². The predicted molar refractivity (Wildman–Crippen MR) is 63.8 cm³/mol. The average molecular weight is 307 g/mol. The van der Waals surface area contributed by atoms with Crippen molar-refractivity contribution in [3.8, 4) is 0 Å². The lowest BCUT2D eigenvalue weighted by Gasteiger charge is -2.23. The van der Waals surface area contributed by atoms with Gasteiger partial charge in [-0.1, -0.05) is 6.92 Å². The van der Waals surface area contributed by atoms with Crippen LogP contribution in [0.1, 0.15) is 25.8 Å². The van der Waals surface area contributed by atoms with Crippen molar-refractivity contribution in [2.24, 2.45) is 5.41 Å². The van der Waals surface area contributed by atoms with Crippen LogP contribution in [0.15, 0.2) is 16.6 Å². The molecule has 1 aromatic carbocycles. The first-order valence-electron chi connectivity index (χ1n) is 5.17. The fraction of sp³-hybridized carbons (Fsp3) is 0.417. The Morgan fingerprint density at radius 3 is 2.53 bits per heavy atom. The second-order valence-electron chi connectivity index (χ2n) is 4.22. The lowest BCUT2D eigenvalue weighted by atomic mass is 9.81. The number of hydrogen-bond donors (Lipinski definition) is 1. The summed E-state index contributed by atoms with van der Waals surface area (Å²) in [6.07, 6.45) is 0.129. The summed E-state index contributed by atoms with van der Waals surface area (Å²) in [5, 5.41) is 9.09. The van der Waals surface area contributed by atoms with Gasteiger partial charge in [-0.2, -0.15) is 0 Å². The quantitative estimate of drug-likeness (QED) is 0.860. The summed E-state index contributed by atoms with van der Waals surface area (Å²) in [6, 6.07) is 2.39. The van der Waals surface area contributed by atoms with E-state index in [4.69, 9.17) is 5.11 Å². The molecule has 0 fully saturated rings. The Labute approximate surface area is 107 Å². The lowest BCUT2D eigenvalue weighted by molar-refractivity contribution is -0.148. The molecule has 0 aliphatic heterocycles. The maximum absolute atomic E-state index is 13.7. The van der Waals surface area contributed by atoms with Gasteiger partial charge in [-0.25, -0.2) is 8.78 Å². The van der Waals surface area contributed by atoms with E-state index in [1.54, 1.807) is 6.92 Å². The van der Waals surface area contributed by atoms with E-state index in [1.807, 2.05) is 0 Å². The second kappa shape index (κ2) is 5.12. The molecular weight excluding hydrogens is 294 g/mol. The molecule has 5 heteroatoms. The third kappa shape index (κ3) is 2.83. The first-order valence-corrected chi connectivity index (χ1v) is 5.97. The molecule has 0 bridgehead atoms. The molecule has 1 rings (SSSR count). The molecule has 0 aliphatic rings. The Kier molecular flexibility index (Phi) is 4.25. The van der Waals surface area contributed by atoms with Crippen LogP contribution >= 0.6 is 15.9 Å². The lowest BCUT2D eigenvalue weighted by Crippen LogP contribution is -2.30. The number of carbonyl (C=O) groups is 1. The number of carboxylic acids is 1. The zero-order valence-corrected chi connectivity index (χ0v) is 11.1. The van der Waals surface area contributed by atoms with E-state index in [2.05, 4.69) is 15.9 Å². The molecule has 1 unspecified atom stereocenters. The topological polar surface area (TPSA) is 37.3 Å². The normalized spacial score (nSPS) is 14.4. The summed E-state index contributed by atoms with van der Waals surface area (Å²) < 4.78 is 27.4. The van der Waals surface area contributed by atoms with E-state index < -0.39 is 23.0 Å². The molecule has 2 nitrogen and oxygen atoms in total. The van der Waals surface area contributed by atoms with Crippen molar-refractivity contribution >= 4 is 21.9 Å². The van der Waals surface area contributed by atoms with Crippen molar-refractivity contribution in [2.45, 2.75) is 26.7 Å². The van der Waals surface area contributed by atoms with E-state index in [9.17, 15) is 13.6 Å². The summed E-state index contributed by atoms with van der Waals surface area (Å²) in [7, 11) is 0. The van der Waals surface area contributed by atoms with Gasteiger partial charge in [0.25, 0.3) is 0 Å². The minimum absolute atomic E-state index is 0.137. The zero-order chi connectivity index (χ0) is 13.2. The molecule has 0 aliphatic carbocycles. The monoisotopic (exact) mass is 306 g/mol. The molecule has 0 aromatic heterocycles. The Morgan fingerprint density at radius 1 is 1.47 bits per heavy atom. The maximum atomic E-state index is 13.7. The predicted octanol–water partition coefficient (Wildman–Crippen LogP) is 3.77. The molecule has 0 saturated heterocycles. The van der Waals surface area contributed by atoms with Crippen LogP contribution < -0.4 is 0 Å². The molecule has 94 valence electrons. The minimum Gasteiger partial charge on any atom is -0.481 e. The molecule has 0 spiro atoms. The van der Waals surface area contributed by atoms with Crippen molar-refractivity contribution in [3.05, 3.63) is 33.8 Å². The summed E-state index contributed by atoms with van der Waals surface area (Å²) in [6.45, 7) is 3.16. The van der Waals surface area contributed by atoms with Crippen molar-refractivity contribution in [3.63, 3.8) is 0 Å². The van der Waals surface area contributed by atoms with Gasteiger partial charge in [-0.05, 0) is 47.8 Å². The maximum Gasteiger partial charge on any atom is 0.309 e. The molecule has 1 N–H and O–H groups in total. The van der Waals surface area contributed by atoms with Gasteiger partial charge >= 0.3 is 5.97 Å². The number of benzene rings is 1. The van der Waals surface area contributed by atoms with Crippen molar-refractivity contribution in [1.82, 2.24) is 0 Å². The van der Waals surface area contributed by atoms with E-state index in [-0.39, 0.29) is 16.5 Å². The first kappa shape index (κ1) is 14.1. The van der Waals surface area contributed by atoms with Crippen LogP contribution in [0, 0.1) is 17.0 Å². The van der Waals surface area contributed by atoms with Crippen LogP contribution in [0.3, 0.4) is 0 Å². The second-order valence-corrected chi connectivity index (χ2v) is 5.07. The molecule has 0 saturated carbocycles. The van der Waals surface area contributed by atoms with Gasteiger partial charge < -0.3 is 5.11 Å². The molecule has 1 atom stereocenters. The molecule has 0 amide bonds. The fourth-order valence-corrected chi connectivity index (χ4v) is 1.84. The number of hydrogen-bond acceptors (Lipinski definition) is 1. The third-order valence-corrected chi connectivity index (χ3v) is 3.61. The van der Waals surface area contributed by atoms with Gasteiger partial charge in [0.15, 0.2) is 0 Å². The smallest absolute Gasteiger partial charge is 0.309 e. The molecule has 0 heterocycles. The van der Waals surface area contributed by atoms with Crippen LogP contribution in [0.2, 0.25) is 0 Å². The number of aliphatic carboxylic acids is 1. The first-order chi connectivity index (χ1) is 7.81. The summed E-state index contributed by atoms with van der Waals surface area (Å²) in [4.78, 5) is 11.1. The summed E-state index contributed by atoms with van der Waals surface area (Å²) in [5.41, 5.74) is -1.35. The Hall–Kier alpha value is -0.970. The number of halogens is 3. The van der Waals surface area contributed by atoms with Gasteiger partial charge in [0.2, 0.25) is 0 Å². The molecule has 1 aromatic rings. The largest absolute Gasteiger partial charge is 0.481 e. The fourth-order valence-electron chi connectivity index (χ4n) is 1.47. The number of rotatable bonds is 4. The van der Waals surface area contributed by atoms with Crippen LogP contribution in [0.25, 0.3) is 0 Å². The highest BCUT2D eigenvalue weighted by molar-refractivity contribution is 9.10. The van der Waals surface area contributed by atoms with Gasteiger partial charge in [0, 0.05) is 5.56 Å². The minimum atomic E-state index is -1.16. The standard InChI is InChI=1S/C12H13BrF2O2/c1-3-12(2,11(16)17)6-7-9(14)5-4-8(13)10(7)15/h4-5H,3,6H2,1-2H3,(H,16,17). The summed E-state index contributed by atoms with van der Waals surface area (Å²) in [5.74, 6) is -2.50. The Morgan fingerprint density at radius 2 is 2.06 bits per heavy atom. The van der Waals surface area contributed by atoms with E-state index in [0.717, 1.165) is 6.07 Å². The molecule has 0 radical (unpaired) electrons. The van der Waals surface area contributed by atoms with Crippen molar-refractivity contribution in [1.29, 1.82) is 0 Å². The molecule has 17 heavy (non-hydrogen) atoms. The van der Waals surface area contributed by atoms with Crippen LogP contribution in [0.4, 0.5) is 8.78 Å². The van der Waals surface area contributed by atoms with Crippen molar-refractivity contribution < 1.29 is 18.7 Å². The Bertz CT molecular complexity index is 448. The van der Waals surface area contributed by atoms with Crippen LogP contribution in [-0.4, -0.2) is 11.1 Å². The Balaban J connectivity index is 3.19. The molecular formula is C12H13BrF2O2. The van der Waals surface area contributed by atoms with Gasteiger partial charge in [0.1, 0.15) is 11.6 Å². The number of carboxylic acid groups (broad SMARTS) is 1. The highest BCUT2D eigenvalue weighted by atomic mass is 79.9. The summed E-state index contributed by atoms with van der Waals surface area (Å²) >= 11 is 2.96. The SMILES string of the molecule is CCC(C)(Cc1c(F)ccc(Br)c1F)C(=O)O. The van der Waals surface area contributed by atoms with Crippen molar-refractivity contribution in [2.75, 3.05) is 0 Å². The van der Waals surface area contributed by atoms with Gasteiger partial charge in [-0.15, -0.1) is 0 Å². The van der Waals surface area contributed by atoms with Gasteiger partial charge in [0.05, 0.1) is 9.89 Å².